The predicted molar refractivity (Wildman–Crippen MR) is 97.0 cm³/mol. The van der Waals surface area contributed by atoms with Gasteiger partial charge in [-0.05, 0) is 44.3 Å². The maximum Gasteiger partial charge on any atom is 0.244 e. The van der Waals surface area contributed by atoms with Gasteiger partial charge in [0.05, 0.1) is 0 Å². The normalized spacial score (nSPS) is 18.2. The number of nitrogens with zero attached hydrogens (tertiary/aromatic N) is 5. The minimum Gasteiger partial charge on any atom is -0.340 e. The maximum absolute atomic E-state index is 12.8. The quantitative estimate of drug-likeness (QED) is 0.769. The molecule has 0 aliphatic carbocycles. The average molecular weight is 341 g/mol. The van der Waals surface area contributed by atoms with Crippen molar-refractivity contribution < 1.29 is 4.79 Å². The van der Waals surface area contributed by atoms with Crippen LogP contribution in [-0.2, 0) is 17.8 Å². The van der Waals surface area contributed by atoms with Crippen molar-refractivity contribution >= 4 is 5.91 Å². The molecule has 2 aromatic rings. The lowest BCUT2D eigenvalue weighted by molar-refractivity contribution is -0.133. The standard InChI is InChI=1S/C19H27N5O/c1-22-10-5-8-18(12-22)13-23(11-9-17-6-3-2-4-7-17)19(25)14-24-16-20-15-21-24/h2-4,6-7,15-16,18H,5,8-14H2,1H3. The number of hydrogen-bond donors (Lipinski definition) is 0. The van der Waals surface area contributed by atoms with Crippen LogP contribution in [0, 0.1) is 5.92 Å². The van der Waals surface area contributed by atoms with Gasteiger partial charge in [0.15, 0.2) is 0 Å². The number of aromatic nitrogens is 3. The van der Waals surface area contributed by atoms with E-state index < -0.39 is 0 Å². The average Bonchev–Trinajstić information content (AvgIpc) is 3.12. The number of likely N-dealkylation sites (tertiary alicyclic amines) is 1. The van der Waals surface area contributed by atoms with Crippen LogP contribution in [0.25, 0.3) is 0 Å². The van der Waals surface area contributed by atoms with Gasteiger partial charge in [-0.1, -0.05) is 30.3 Å². The zero-order valence-electron chi connectivity index (χ0n) is 14.9. The highest BCUT2D eigenvalue weighted by Gasteiger charge is 2.23. The van der Waals surface area contributed by atoms with Crippen molar-refractivity contribution in [1.82, 2.24) is 24.6 Å². The lowest BCUT2D eigenvalue weighted by atomic mass is 9.97. The van der Waals surface area contributed by atoms with Crippen LogP contribution in [0.2, 0.25) is 0 Å². The molecule has 1 saturated heterocycles. The minimum absolute atomic E-state index is 0.120. The van der Waals surface area contributed by atoms with Crippen molar-refractivity contribution in [2.75, 3.05) is 33.2 Å². The number of benzene rings is 1. The molecule has 1 amide bonds. The van der Waals surface area contributed by atoms with Gasteiger partial charge in [0, 0.05) is 19.6 Å². The Bertz CT molecular complexity index is 643. The first-order valence-electron chi connectivity index (χ1n) is 9.03. The lowest BCUT2D eigenvalue weighted by Gasteiger charge is -2.34. The van der Waals surface area contributed by atoms with E-state index in [2.05, 4.69) is 34.2 Å². The predicted octanol–water partition coefficient (Wildman–Crippen LogP) is 1.69. The molecule has 1 atom stereocenters. The van der Waals surface area contributed by atoms with Crippen LogP contribution in [0.15, 0.2) is 43.0 Å². The summed E-state index contributed by atoms with van der Waals surface area (Å²) in [6.45, 7) is 4.06. The Hall–Kier alpha value is -2.21. The molecule has 1 aromatic carbocycles. The first-order chi connectivity index (χ1) is 12.2. The Balaban J connectivity index is 1.62. The summed E-state index contributed by atoms with van der Waals surface area (Å²) in [4.78, 5) is 21.1. The summed E-state index contributed by atoms with van der Waals surface area (Å²) in [5.74, 6) is 0.670. The van der Waals surface area contributed by atoms with Gasteiger partial charge in [0.2, 0.25) is 5.91 Å². The van der Waals surface area contributed by atoms with Gasteiger partial charge in [-0.25, -0.2) is 9.67 Å². The third kappa shape index (κ3) is 5.39. The summed E-state index contributed by atoms with van der Waals surface area (Å²) in [6, 6.07) is 10.4. The Morgan fingerprint density at radius 1 is 1.32 bits per heavy atom. The number of carbonyl (C=O) groups is 1. The molecule has 0 saturated carbocycles. The number of amides is 1. The van der Waals surface area contributed by atoms with E-state index in [4.69, 9.17) is 0 Å². The fraction of sp³-hybridized carbons (Fsp3) is 0.526. The van der Waals surface area contributed by atoms with Gasteiger partial charge in [0.1, 0.15) is 19.2 Å². The van der Waals surface area contributed by atoms with Gasteiger partial charge >= 0.3 is 0 Å². The molecular weight excluding hydrogens is 314 g/mol. The molecule has 6 heteroatoms. The number of piperidine rings is 1. The van der Waals surface area contributed by atoms with E-state index in [1.165, 1.54) is 24.7 Å². The van der Waals surface area contributed by atoms with Crippen LogP contribution in [0.5, 0.6) is 0 Å². The van der Waals surface area contributed by atoms with Crippen molar-refractivity contribution in [3.63, 3.8) is 0 Å². The Morgan fingerprint density at radius 3 is 2.88 bits per heavy atom. The van der Waals surface area contributed by atoms with E-state index in [0.29, 0.717) is 5.92 Å². The molecule has 0 spiro atoms. The topological polar surface area (TPSA) is 54.3 Å². The van der Waals surface area contributed by atoms with Crippen LogP contribution in [0.1, 0.15) is 18.4 Å². The molecule has 1 fully saturated rings. The summed E-state index contributed by atoms with van der Waals surface area (Å²) in [7, 11) is 2.16. The minimum atomic E-state index is 0.120. The van der Waals surface area contributed by atoms with Crippen molar-refractivity contribution in [1.29, 1.82) is 0 Å². The van der Waals surface area contributed by atoms with E-state index in [9.17, 15) is 4.79 Å². The molecule has 1 unspecified atom stereocenters. The van der Waals surface area contributed by atoms with E-state index in [1.54, 1.807) is 11.0 Å². The van der Waals surface area contributed by atoms with Crippen LogP contribution < -0.4 is 0 Å². The summed E-state index contributed by atoms with van der Waals surface area (Å²) < 4.78 is 1.60. The fourth-order valence-electron chi connectivity index (χ4n) is 3.51. The first-order valence-corrected chi connectivity index (χ1v) is 9.03. The highest BCUT2D eigenvalue weighted by Crippen LogP contribution is 2.17. The van der Waals surface area contributed by atoms with Crippen LogP contribution in [0.4, 0.5) is 0 Å². The zero-order valence-corrected chi connectivity index (χ0v) is 14.9. The number of hydrogen-bond acceptors (Lipinski definition) is 4. The highest BCUT2D eigenvalue weighted by atomic mass is 16.2. The monoisotopic (exact) mass is 341 g/mol. The van der Waals surface area contributed by atoms with Crippen molar-refractivity contribution in [2.24, 2.45) is 5.92 Å². The molecule has 0 N–H and O–H groups in total. The largest absolute Gasteiger partial charge is 0.340 e. The van der Waals surface area contributed by atoms with E-state index in [-0.39, 0.29) is 12.5 Å². The molecule has 25 heavy (non-hydrogen) atoms. The fourth-order valence-corrected chi connectivity index (χ4v) is 3.51. The third-order valence-corrected chi connectivity index (χ3v) is 4.83. The number of rotatable bonds is 7. The number of carbonyl (C=O) groups excluding carboxylic acids is 1. The smallest absolute Gasteiger partial charge is 0.244 e. The van der Waals surface area contributed by atoms with Crippen LogP contribution in [-0.4, -0.2) is 63.7 Å². The summed E-state index contributed by atoms with van der Waals surface area (Å²) in [6.07, 6.45) is 6.36. The summed E-state index contributed by atoms with van der Waals surface area (Å²) in [5, 5.41) is 4.07. The molecule has 1 aromatic heterocycles. The summed E-state index contributed by atoms with van der Waals surface area (Å²) in [5.41, 5.74) is 1.27. The Labute approximate surface area is 149 Å². The highest BCUT2D eigenvalue weighted by molar-refractivity contribution is 5.75. The second-order valence-corrected chi connectivity index (χ2v) is 6.94. The van der Waals surface area contributed by atoms with Gasteiger partial charge < -0.3 is 9.80 Å². The molecule has 6 nitrogen and oxygen atoms in total. The lowest BCUT2D eigenvalue weighted by Crippen LogP contribution is -2.43. The van der Waals surface area contributed by atoms with Crippen molar-refractivity contribution in [3.8, 4) is 0 Å². The molecule has 0 bridgehead atoms. The van der Waals surface area contributed by atoms with Gasteiger partial charge in [-0.15, -0.1) is 0 Å². The molecule has 0 radical (unpaired) electrons. The van der Waals surface area contributed by atoms with Crippen LogP contribution >= 0.6 is 0 Å². The van der Waals surface area contributed by atoms with Crippen molar-refractivity contribution in [2.45, 2.75) is 25.8 Å². The van der Waals surface area contributed by atoms with E-state index in [0.717, 1.165) is 32.6 Å². The van der Waals surface area contributed by atoms with Gasteiger partial charge in [-0.3, -0.25) is 4.79 Å². The molecule has 3 rings (SSSR count). The van der Waals surface area contributed by atoms with Gasteiger partial charge in [-0.2, -0.15) is 5.10 Å². The van der Waals surface area contributed by atoms with Crippen molar-refractivity contribution in [3.05, 3.63) is 48.5 Å². The Kier molecular flexibility index (Phi) is 6.17. The van der Waals surface area contributed by atoms with E-state index >= 15 is 0 Å². The molecule has 1 aliphatic heterocycles. The summed E-state index contributed by atoms with van der Waals surface area (Å²) >= 11 is 0. The molecule has 1 aliphatic rings. The van der Waals surface area contributed by atoms with Gasteiger partial charge in [0.25, 0.3) is 0 Å². The van der Waals surface area contributed by atoms with Crippen LogP contribution in [0.3, 0.4) is 0 Å². The third-order valence-electron chi connectivity index (χ3n) is 4.83. The molecule has 134 valence electrons. The first kappa shape index (κ1) is 17.6. The molecule has 2 heterocycles. The Morgan fingerprint density at radius 2 is 2.16 bits per heavy atom. The molecular formula is C19H27N5O. The van der Waals surface area contributed by atoms with E-state index in [1.807, 2.05) is 23.1 Å². The second kappa shape index (κ2) is 8.76. The zero-order chi connectivity index (χ0) is 17.5. The second-order valence-electron chi connectivity index (χ2n) is 6.94. The SMILES string of the molecule is CN1CCCC(CN(CCc2ccccc2)C(=O)Cn2cncn2)C1. The maximum atomic E-state index is 12.8.